The maximum atomic E-state index is 13.9. The van der Waals surface area contributed by atoms with Crippen molar-refractivity contribution in [3.63, 3.8) is 0 Å². The first-order valence-corrected chi connectivity index (χ1v) is 11.5. The molecule has 3 atom stereocenters. The van der Waals surface area contributed by atoms with Gasteiger partial charge in [-0.2, -0.15) is 0 Å². The van der Waals surface area contributed by atoms with Gasteiger partial charge in [0.15, 0.2) is 5.54 Å². The van der Waals surface area contributed by atoms with Crippen LogP contribution in [-0.4, -0.2) is 73.4 Å². The normalized spacial score (nSPS) is 21.1. The lowest BCUT2D eigenvalue weighted by Gasteiger charge is -2.36. The Hall–Kier alpha value is -3.89. The quantitative estimate of drug-likeness (QED) is 0.415. The molecule has 1 aromatic heterocycles. The van der Waals surface area contributed by atoms with E-state index in [9.17, 15) is 29.1 Å². The van der Waals surface area contributed by atoms with Crippen LogP contribution in [0.1, 0.15) is 44.9 Å². The second-order valence-electron chi connectivity index (χ2n) is 9.60. The monoisotopic (exact) mass is 484 g/mol. The van der Waals surface area contributed by atoms with Crippen LogP contribution >= 0.6 is 0 Å². The molecule has 0 bridgehead atoms. The third-order valence-corrected chi connectivity index (χ3v) is 6.80. The average molecular weight is 485 g/mol. The van der Waals surface area contributed by atoms with E-state index in [1.54, 1.807) is 6.92 Å². The molecule has 2 aliphatic heterocycles. The molecule has 35 heavy (non-hydrogen) atoms. The third kappa shape index (κ3) is 3.90. The first kappa shape index (κ1) is 24.2. The minimum Gasteiger partial charge on any atom is -0.481 e. The molecule has 3 unspecified atom stereocenters. The SMILES string of the molecule is CC(C)CC(C(=O)NC(CC(=O)O)C(=O)O)N1C(=O)N2CCc3c([nH]c4ccccc34)C2(C)C1=O. The number of aromatic amines is 1. The molecule has 1 saturated heterocycles. The number of nitrogens with zero attached hydrogens (tertiary/aromatic N) is 2. The van der Waals surface area contributed by atoms with E-state index in [4.69, 9.17) is 5.11 Å². The van der Waals surface area contributed by atoms with Gasteiger partial charge in [-0.25, -0.2) is 14.5 Å². The Morgan fingerprint density at radius 1 is 1.17 bits per heavy atom. The molecule has 4 amide bonds. The van der Waals surface area contributed by atoms with Crippen LogP contribution in [0.4, 0.5) is 4.79 Å². The number of hydrogen-bond acceptors (Lipinski definition) is 5. The Morgan fingerprint density at radius 2 is 1.86 bits per heavy atom. The number of benzene rings is 1. The van der Waals surface area contributed by atoms with Gasteiger partial charge in [-0.1, -0.05) is 32.0 Å². The van der Waals surface area contributed by atoms with Crippen molar-refractivity contribution in [2.45, 2.75) is 57.7 Å². The maximum absolute atomic E-state index is 13.9. The summed E-state index contributed by atoms with van der Waals surface area (Å²) in [6.07, 6.45) is -0.214. The highest BCUT2D eigenvalue weighted by atomic mass is 16.4. The van der Waals surface area contributed by atoms with Gasteiger partial charge in [0.1, 0.15) is 12.1 Å². The highest BCUT2D eigenvalue weighted by molar-refractivity contribution is 6.11. The molecular formula is C24H28N4O7. The zero-order valence-electron chi connectivity index (χ0n) is 19.7. The van der Waals surface area contributed by atoms with Gasteiger partial charge in [-0.15, -0.1) is 0 Å². The number of nitrogens with one attached hydrogen (secondary N) is 2. The molecule has 3 heterocycles. The number of aromatic nitrogens is 1. The number of carbonyl (C=O) groups excluding carboxylic acids is 3. The lowest BCUT2D eigenvalue weighted by molar-refractivity contribution is -0.148. The van der Waals surface area contributed by atoms with Gasteiger partial charge < -0.3 is 25.4 Å². The zero-order valence-corrected chi connectivity index (χ0v) is 19.7. The minimum atomic E-state index is -1.69. The number of amides is 4. The number of fused-ring (bicyclic) bond motifs is 5. The van der Waals surface area contributed by atoms with Crippen molar-refractivity contribution in [3.05, 3.63) is 35.5 Å². The molecule has 11 nitrogen and oxygen atoms in total. The van der Waals surface area contributed by atoms with Gasteiger partial charge >= 0.3 is 18.0 Å². The number of carboxylic acids is 2. The summed E-state index contributed by atoms with van der Waals surface area (Å²) in [5.74, 6) is -4.50. The summed E-state index contributed by atoms with van der Waals surface area (Å²) in [5, 5.41) is 21.5. The number of carboxylic acid groups (broad SMARTS) is 2. The Morgan fingerprint density at radius 3 is 2.49 bits per heavy atom. The molecule has 0 aliphatic carbocycles. The van der Waals surface area contributed by atoms with Crippen molar-refractivity contribution in [1.82, 2.24) is 20.1 Å². The van der Waals surface area contributed by atoms with Crippen molar-refractivity contribution in [2.75, 3.05) is 6.54 Å². The van der Waals surface area contributed by atoms with Crippen molar-refractivity contribution >= 4 is 40.7 Å². The first-order valence-electron chi connectivity index (χ1n) is 11.5. The van der Waals surface area contributed by atoms with E-state index in [2.05, 4.69) is 10.3 Å². The molecule has 11 heteroatoms. The molecule has 4 rings (SSSR count). The maximum Gasteiger partial charge on any atom is 0.328 e. The number of H-pyrrole nitrogens is 1. The minimum absolute atomic E-state index is 0.0895. The molecule has 2 aromatic rings. The Labute approximate surface area is 201 Å². The fraction of sp³-hybridized carbons (Fsp3) is 0.458. The number of rotatable bonds is 8. The molecule has 0 saturated carbocycles. The summed E-state index contributed by atoms with van der Waals surface area (Å²) >= 11 is 0. The van der Waals surface area contributed by atoms with Crippen LogP contribution in [-0.2, 0) is 31.1 Å². The summed E-state index contributed by atoms with van der Waals surface area (Å²) < 4.78 is 0. The van der Waals surface area contributed by atoms with E-state index < -0.39 is 53.8 Å². The van der Waals surface area contributed by atoms with E-state index >= 15 is 0 Å². The number of carbonyl (C=O) groups is 5. The molecule has 4 N–H and O–H groups in total. The number of urea groups is 1. The average Bonchev–Trinajstić information content (AvgIpc) is 3.25. The fourth-order valence-corrected chi connectivity index (χ4v) is 5.11. The van der Waals surface area contributed by atoms with Gasteiger partial charge in [0, 0.05) is 17.4 Å². The number of hydrogen-bond donors (Lipinski definition) is 4. The highest BCUT2D eigenvalue weighted by Gasteiger charge is 2.60. The Bertz CT molecular complexity index is 1240. The highest BCUT2D eigenvalue weighted by Crippen LogP contribution is 2.44. The molecule has 0 radical (unpaired) electrons. The van der Waals surface area contributed by atoms with Gasteiger partial charge in [0.2, 0.25) is 5.91 Å². The summed E-state index contributed by atoms with van der Waals surface area (Å²) in [6, 6.07) is 4.00. The van der Waals surface area contributed by atoms with Crippen molar-refractivity contribution < 1.29 is 34.2 Å². The van der Waals surface area contributed by atoms with Crippen molar-refractivity contribution in [2.24, 2.45) is 5.92 Å². The lowest BCUT2D eigenvalue weighted by atomic mass is 9.86. The second-order valence-corrected chi connectivity index (χ2v) is 9.60. The smallest absolute Gasteiger partial charge is 0.328 e. The van der Waals surface area contributed by atoms with Gasteiger partial charge in [-0.05, 0) is 37.3 Å². The van der Waals surface area contributed by atoms with Crippen LogP contribution < -0.4 is 5.32 Å². The molecule has 1 aromatic carbocycles. The van der Waals surface area contributed by atoms with Gasteiger partial charge in [0.25, 0.3) is 5.91 Å². The Balaban J connectivity index is 1.72. The van der Waals surface area contributed by atoms with Gasteiger partial charge in [-0.3, -0.25) is 14.4 Å². The topological polar surface area (TPSA) is 160 Å². The van der Waals surface area contributed by atoms with Crippen LogP contribution in [0, 0.1) is 5.92 Å². The standard InChI is InChI=1S/C24H28N4O7/c1-12(2)10-17(20(31)26-16(21(32)33)11-18(29)30)28-22(34)24(3)19-14(8-9-27(24)23(28)35)13-6-4-5-7-15(13)25-19/h4-7,12,16-17,25H,8-11H2,1-3H3,(H,26,31)(H,29,30)(H,32,33). The number of aliphatic carboxylic acids is 2. The number of imide groups is 1. The van der Waals surface area contributed by atoms with Crippen molar-refractivity contribution in [1.29, 1.82) is 0 Å². The summed E-state index contributed by atoms with van der Waals surface area (Å²) in [6.45, 7) is 5.54. The zero-order chi connectivity index (χ0) is 25.7. The molecular weight excluding hydrogens is 456 g/mol. The van der Waals surface area contributed by atoms with E-state index in [1.165, 1.54) is 4.90 Å². The van der Waals surface area contributed by atoms with Crippen LogP contribution in [0.5, 0.6) is 0 Å². The van der Waals surface area contributed by atoms with E-state index in [-0.39, 0.29) is 18.9 Å². The molecule has 2 aliphatic rings. The fourth-order valence-electron chi connectivity index (χ4n) is 5.11. The summed E-state index contributed by atoms with van der Waals surface area (Å²) in [4.78, 5) is 68.8. The van der Waals surface area contributed by atoms with Crippen LogP contribution in [0.25, 0.3) is 10.9 Å². The van der Waals surface area contributed by atoms with Crippen LogP contribution in [0.2, 0.25) is 0 Å². The van der Waals surface area contributed by atoms with E-state index in [0.717, 1.165) is 21.4 Å². The van der Waals surface area contributed by atoms with E-state index in [0.29, 0.717) is 12.1 Å². The van der Waals surface area contributed by atoms with Gasteiger partial charge in [0.05, 0.1) is 12.1 Å². The summed E-state index contributed by atoms with van der Waals surface area (Å²) in [7, 11) is 0. The van der Waals surface area contributed by atoms with Crippen LogP contribution in [0.15, 0.2) is 24.3 Å². The molecule has 1 fully saturated rings. The number of para-hydroxylation sites is 1. The van der Waals surface area contributed by atoms with Crippen molar-refractivity contribution in [3.8, 4) is 0 Å². The first-order chi connectivity index (χ1) is 16.5. The lowest BCUT2D eigenvalue weighted by Crippen LogP contribution is -2.54. The molecule has 186 valence electrons. The van der Waals surface area contributed by atoms with E-state index in [1.807, 2.05) is 38.1 Å². The predicted molar refractivity (Wildman–Crippen MR) is 123 cm³/mol. The largest absolute Gasteiger partial charge is 0.481 e. The second kappa shape index (κ2) is 8.71. The Kier molecular flexibility index (Phi) is 6.04. The predicted octanol–water partition coefficient (Wildman–Crippen LogP) is 1.66. The third-order valence-electron chi connectivity index (χ3n) is 6.80. The summed E-state index contributed by atoms with van der Waals surface area (Å²) in [5.41, 5.74) is 1.03. The molecule has 0 spiro atoms. The van der Waals surface area contributed by atoms with Crippen LogP contribution in [0.3, 0.4) is 0 Å².